The van der Waals surface area contributed by atoms with Crippen molar-refractivity contribution >= 4 is 16.0 Å². The molecule has 0 saturated carbocycles. The normalized spacial score (nSPS) is 19.0. The molecule has 0 bridgehead atoms. The van der Waals surface area contributed by atoms with Crippen LogP contribution >= 0.6 is 0 Å². The molecule has 1 aromatic carbocycles. The van der Waals surface area contributed by atoms with E-state index in [1.807, 2.05) is 11.8 Å². The first kappa shape index (κ1) is 24.5. The van der Waals surface area contributed by atoms with Gasteiger partial charge in [-0.25, -0.2) is 21.9 Å². The topological polar surface area (TPSA) is 85.8 Å². The number of guanidine groups is 1. The van der Waals surface area contributed by atoms with Crippen LogP contribution in [0.25, 0.3) is 0 Å². The number of benzene rings is 1. The number of sulfonamides is 1. The second-order valence-corrected chi connectivity index (χ2v) is 10.1. The third kappa shape index (κ3) is 8.16. The maximum absolute atomic E-state index is 14.0. The Kier molecular flexibility index (Phi) is 8.57. The Hall–Kier alpha value is -1.78. The fraction of sp³-hybridized carbons (Fsp3) is 0.650. The van der Waals surface area contributed by atoms with Crippen LogP contribution in [0.3, 0.4) is 0 Å². The average molecular weight is 446 g/mol. The molecule has 1 unspecified atom stereocenters. The second-order valence-electron chi connectivity index (χ2n) is 8.37. The molecule has 1 aliphatic rings. The summed E-state index contributed by atoms with van der Waals surface area (Å²) in [6, 6.07) is 3.99. The molecule has 0 aliphatic carbocycles. The minimum absolute atomic E-state index is 0.0670. The molecule has 0 radical (unpaired) electrons. The Balaban J connectivity index is 2.01. The summed E-state index contributed by atoms with van der Waals surface area (Å²) in [6.07, 6.45) is 2.93. The Bertz CT molecular complexity index is 825. The average Bonchev–Trinajstić information content (AvgIpc) is 2.62. The van der Waals surface area contributed by atoms with Crippen molar-refractivity contribution in [2.24, 2.45) is 4.99 Å². The largest absolute Gasteiger partial charge is 0.357 e. The highest BCUT2D eigenvalue weighted by molar-refractivity contribution is 7.88. The maximum Gasteiger partial charge on any atom is 0.209 e. The zero-order chi connectivity index (χ0) is 22.4. The molecule has 0 spiro atoms. The molecule has 0 aromatic heterocycles. The van der Waals surface area contributed by atoms with Crippen LogP contribution < -0.4 is 15.4 Å². The van der Waals surface area contributed by atoms with E-state index in [2.05, 4.69) is 20.3 Å². The highest BCUT2D eigenvalue weighted by Gasteiger charge is 2.24. The first-order valence-electron chi connectivity index (χ1n) is 10.2. The quantitative estimate of drug-likeness (QED) is 0.420. The van der Waals surface area contributed by atoms with Crippen molar-refractivity contribution in [2.45, 2.75) is 51.7 Å². The van der Waals surface area contributed by atoms with E-state index < -0.39 is 27.2 Å². The lowest BCUT2D eigenvalue weighted by Crippen LogP contribution is -2.52. The van der Waals surface area contributed by atoms with E-state index in [9.17, 15) is 17.2 Å². The number of nitrogens with zero attached hydrogens (tertiary/aromatic N) is 2. The molecule has 2 rings (SSSR count). The molecular formula is C20H33F2N5O2S. The van der Waals surface area contributed by atoms with E-state index in [1.54, 1.807) is 13.8 Å². The Labute approximate surface area is 178 Å². The van der Waals surface area contributed by atoms with Crippen LogP contribution in [-0.2, 0) is 16.6 Å². The molecule has 10 heteroatoms. The molecular weight excluding hydrogens is 412 g/mol. The first-order chi connectivity index (χ1) is 14.0. The van der Waals surface area contributed by atoms with Crippen LogP contribution in [0.5, 0.6) is 0 Å². The maximum atomic E-state index is 14.0. The van der Waals surface area contributed by atoms with Crippen LogP contribution in [0.15, 0.2) is 23.2 Å². The van der Waals surface area contributed by atoms with Crippen molar-refractivity contribution in [2.75, 3.05) is 32.4 Å². The van der Waals surface area contributed by atoms with Gasteiger partial charge in [0.25, 0.3) is 0 Å². The van der Waals surface area contributed by atoms with E-state index in [0.717, 1.165) is 25.6 Å². The van der Waals surface area contributed by atoms with Gasteiger partial charge in [-0.2, -0.15) is 0 Å². The van der Waals surface area contributed by atoms with Gasteiger partial charge in [0.15, 0.2) is 5.96 Å². The van der Waals surface area contributed by atoms with Gasteiger partial charge in [0, 0.05) is 36.8 Å². The van der Waals surface area contributed by atoms with Gasteiger partial charge in [-0.05, 0) is 52.3 Å². The Morgan fingerprint density at radius 1 is 1.30 bits per heavy atom. The van der Waals surface area contributed by atoms with Crippen LogP contribution in [0.4, 0.5) is 8.78 Å². The lowest BCUT2D eigenvalue weighted by Gasteiger charge is -2.34. The molecule has 3 N–H and O–H groups in total. The smallest absolute Gasteiger partial charge is 0.209 e. The summed E-state index contributed by atoms with van der Waals surface area (Å²) in [6.45, 7) is 8.02. The van der Waals surface area contributed by atoms with Crippen molar-refractivity contribution in [3.63, 3.8) is 0 Å². The summed E-state index contributed by atoms with van der Waals surface area (Å²) >= 11 is 0. The molecule has 7 nitrogen and oxygen atoms in total. The molecule has 1 saturated heterocycles. The van der Waals surface area contributed by atoms with Gasteiger partial charge in [0.1, 0.15) is 11.6 Å². The molecule has 1 aromatic rings. The predicted molar refractivity (Wildman–Crippen MR) is 116 cm³/mol. The second kappa shape index (κ2) is 10.5. The molecule has 1 atom stereocenters. The number of likely N-dealkylation sites (tertiary alicyclic amines) is 1. The minimum Gasteiger partial charge on any atom is -0.357 e. The van der Waals surface area contributed by atoms with Crippen molar-refractivity contribution in [1.29, 1.82) is 0 Å². The number of hydrogen-bond acceptors (Lipinski definition) is 4. The van der Waals surface area contributed by atoms with Gasteiger partial charge in [-0.3, -0.25) is 9.89 Å². The van der Waals surface area contributed by atoms with Crippen LogP contribution in [0, 0.1) is 11.6 Å². The molecule has 0 amide bonds. The lowest BCUT2D eigenvalue weighted by atomic mass is 10.0. The van der Waals surface area contributed by atoms with Gasteiger partial charge in [-0.1, -0.05) is 6.07 Å². The van der Waals surface area contributed by atoms with Gasteiger partial charge < -0.3 is 10.6 Å². The fourth-order valence-electron chi connectivity index (χ4n) is 3.55. The Morgan fingerprint density at radius 3 is 2.57 bits per heavy atom. The molecule has 30 heavy (non-hydrogen) atoms. The third-order valence-corrected chi connectivity index (χ3v) is 5.65. The standard InChI is InChI=1S/C20H33F2N5O2S/c1-5-23-19(24-14-20(2,3)26-30(4,28)29)25-15-8-7-11-27(12-15)13-16-17(21)9-6-10-18(16)22/h6,9-10,15,26H,5,7-8,11-14H2,1-4H3,(H2,23,24,25). The fourth-order valence-corrected chi connectivity index (χ4v) is 4.62. The van der Waals surface area contributed by atoms with Crippen molar-refractivity contribution in [3.05, 3.63) is 35.4 Å². The zero-order valence-corrected chi connectivity index (χ0v) is 19.0. The van der Waals surface area contributed by atoms with E-state index in [1.165, 1.54) is 18.2 Å². The predicted octanol–water partition coefficient (Wildman–Crippen LogP) is 1.81. The summed E-state index contributed by atoms with van der Waals surface area (Å²) in [5, 5.41) is 6.54. The number of aliphatic imine (C=N–C) groups is 1. The first-order valence-corrected chi connectivity index (χ1v) is 12.1. The summed E-state index contributed by atoms with van der Waals surface area (Å²) in [4.78, 5) is 6.56. The number of piperidine rings is 1. The van der Waals surface area contributed by atoms with Gasteiger partial charge in [-0.15, -0.1) is 0 Å². The SMILES string of the molecule is CCNC(=NCC(C)(C)NS(C)(=O)=O)NC1CCCN(Cc2c(F)cccc2F)C1. The van der Waals surface area contributed by atoms with Gasteiger partial charge in [0.05, 0.1) is 12.8 Å². The molecule has 1 fully saturated rings. The number of hydrogen-bond donors (Lipinski definition) is 3. The summed E-state index contributed by atoms with van der Waals surface area (Å²) in [7, 11) is -3.34. The van der Waals surface area contributed by atoms with Crippen LogP contribution in [-0.4, -0.2) is 63.3 Å². The molecule has 1 heterocycles. The molecule has 170 valence electrons. The van der Waals surface area contributed by atoms with Crippen molar-refractivity contribution in [3.8, 4) is 0 Å². The lowest BCUT2D eigenvalue weighted by molar-refractivity contribution is 0.188. The van der Waals surface area contributed by atoms with E-state index in [-0.39, 0.29) is 24.7 Å². The number of nitrogens with one attached hydrogen (secondary N) is 3. The van der Waals surface area contributed by atoms with Crippen molar-refractivity contribution < 1.29 is 17.2 Å². The molecule has 1 aliphatic heterocycles. The van der Waals surface area contributed by atoms with Gasteiger partial charge >= 0.3 is 0 Å². The third-order valence-electron chi connectivity index (χ3n) is 4.73. The van der Waals surface area contributed by atoms with E-state index >= 15 is 0 Å². The highest BCUT2D eigenvalue weighted by atomic mass is 32.2. The highest BCUT2D eigenvalue weighted by Crippen LogP contribution is 2.18. The summed E-state index contributed by atoms with van der Waals surface area (Å²) in [5.41, 5.74) is -0.635. The van der Waals surface area contributed by atoms with Crippen LogP contribution in [0.2, 0.25) is 0 Å². The van der Waals surface area contributed by atoms with Crippen molar-refractivity contribution in [1.82, 2.24) is 20.3 Å². The number of halogens is 2. The van der Waals surface area contributed by atoms with E-state index in [4.69, 9.17) is 0 Å². The zero-order valence-electron chi connectivity index (χ0n) is 18.1. The minimum atomic E-state index is -3.34. The van der Waals surface area contributed by atoms with E-state index in [0.29, 0.717) is 19.0 Å². The van der Waals surface area contributed by atoms with Crippen LogP contribution in [0.1, 0.15) is 39.2 Å². The number of rotatable bonds is 8. The monoisotopic (exact) mass is 445 g/mol. The Morgan fingerprint density at radius 2 is 1.97 bits per heavy atom. The van der Waals surface area contributed by atoms with Gasteiger partial charge in [0.2, 0.25) is 10.0 Å². The summed E-state index contributed by atoms with van der Waals surface area (Å²) in [5.74, 6) is -0.467. The summed E-state index contributed by atoms with van der Waals surface area (Å²) < 4.78 is 53.6.